The Morgan fingerprint density at radius 2 is 1.89 bits per heavy atom. The molecular weight excluding hydrogens is 348 g/mol. The topological polar surface area (TPSA) is 48.5 Å². The zero-order chi connectivity index (χ0) is 19.8. The van der Waals surface area contributed by atoms with Crippen molar-refractivity contribution >= 4 is 17.7 Å². The molecule has 1 saturated heterocycles. The minimum absolute atomic E-state index is 0.0696. The van der Waals surface area contributed by atoms with Gasteiger partial charge in [0.2, 0.25) is 0 Å². The molecule has 0 bridgehead atoms. The summed E-state index contributed by atoms with van der Waals surface area (Å²) in [4.78, 5) is 21.4. The molecule has 1 aromatic carbocycles. The summed E-state index contributed by atoms with van der Waals surface area (Å²) in [5.41, 5.74) is 2.78. The highest BCUT2D eigenvalue weighted by molar-refractivity contribution is 5.94. The minimum Gasteiger partial charge on any atom is -0.384 e. The van der Waals surface area contributed by atoms with Gasteiger partial charge in [0.25, 0.3) is 5.91 Å². The fraction of sp³-hybridized carbons (Fsp3) is 0.391. The Morgan fingerprint density at radius 3 is 2.61 bits per heavy atom. The predicted octanol–water partition coefficient (Wildman–Crippen LogP) is 3.62. The molecule has 0 spiro atoms. The molecule has 1 aliphatic rings. The monoisotopic (exact) mass is 378 g/mol. The van der Waals surface area contributed by atoms with Crippen LogP contribution in [0.25, 0.3) is 6.08 Å². The molecule has 1 aliphatic heterocycles. The molecule has 5 nitrogen and oxygen atoms in total. The number of amides is 1. The van der Waals surface area contributed by atoms with Crippen LogP contribution in [0.2, 0.25) is 0 Å². The van der Waals surface area contributed by atoms with Crippen molar-refractivity contribution in [2.45, 2.75) is 13.8 Å². The van der Waals surface area contributed by atoms with Crippen LogP contribution in [0, 0.1) is 5.92 Å². The summed E-state index contributed by atoms with van der Waals surface area (Å²) in [6, 6.07) is 12.2. The van der Waals surface area contributed by atoms with Crippen LogP contribution in [0.15, 0.2) is 54.9 Å². The number of hydrogen-bond donors (Lipinski definition) is 1. The van der Waals surface area contributed by atoms with Gasteiger partial charge in [0.15, 0.2) is 0 Å². The number of piperazine rings is 1. The van der Waals surface area contributed by atoms with E-state index >= 15 is 0 Å². The Kier molecular flexibility index (Phi) is 7.20. The molecule has 148 valence electrons. The number of aromatic nitrogens is 1. The highest BCUT2D eigenvalue weighted by Crippen LogP contribution is 2.13. The van der Waals surface area contributed by atoms with Crippen molar-refractivity contribution in [3.8, 4) is 0 Å². The van der Waals surface area contributed by atoms with Crippen molar-refractivity contribution in [2.24, 2.45) is 5.92 Å². The van der Waals surface area contributed by atoms with Gasteiger partial charge in [-0.2, -0.15) is 0 Å². The maximum atomic E-state index is 12.8. The molecule has 1 amide bonds. The Balaban J connectivity index is 1.48. The maximum absolute atomic E-state index is 12.8. The zero-order valence-electron chi connectivity index (χ0n) is 16.8. The average Bonchev–Trinajstić information content (AvgIpc) is 2.73. The van der Waals surface area contributed by atoms with E-state index in [4.69, 9.17) is 0 Å². The first-order valence-corrected chi connectivity index (χ1v) is 10.0. The lowest BCUT2D eigenvalue weighted by Crippen LogP contribution is -2.48. The van der Waals surface area contributed by atoms with Crippen LogP contribution in [-0.4, -0.2) is 60.0 Å². The second-order valence-electron chi connectivity index (χ2n) is 7.64. The van der Waals surface area contributed by atoms with E-state index < -0.39 is 0 Å². The summed E-state index contributed by atoms with van der Waals surface area (Å²) < 4.78 is 0. The summed E-state index contributed by atoms with van der Waals surface area (Å²) in [7, 11) is 0. The number of rotatable bonds is 7. The van der Waals surface area contributed by atoms with E-state index in [0.717, 1.165) is 45.0 Å². The van der Waals surface area contributed by atoms with Crippen LogP contribution in [0.5, 0.6) is 0 Å². The summed E-state index contributed by atoms with van der Waals surface area (Å²) in [5, 5.41) is 3.34. The number of carbonyl (C=O) groups is 1. The Hall–Kier alpha value is -2.66. The van der Waals surface area contributed by atoms with Crippen molar-refractivity contribution in [1.29, 1.82) is 0 Å². The van der Waals surface area contributed by atoms with Crippen LogP contribution < -0.4 is 5.32 Å². The predicted molar refractivity (Wildman–Crippen MR) is 115 cm³/mol. The van der Waals surface area contributed by atoms with E-state index in [9.17, 15) is 4.79 Å². The molecule has 1 N–H and O–H groups in total. The molecule has 0 unspecified atom stereocenters. The third-order valence-electron chi connectivity index (χ3n) is 4.83. The van der Waals surface area contributed by atoms with Crippen molar-refractivity contribution in [3.05, 3.63) is 66.0 Å². The van der Waals surface area contributed by atoms with Gasteiger partial charge in [-0.05, 0) is 17.5 Å². The average molecular weight is 379 g/mol. The zero-order valence-corrected chi connectivity index (χ0v) is 16.8. The number of carbonyl (C=O) groups excluding carboxylic acids is 1. The van der Waals surface area contributed by atoms with Gasteiger partial charge >= 0.3 is 0 Å². The van der Waals surface area contributed by atoms with Crippen molar-refractivity contribution in [3.63, 3.8) is 0 Å². The summed E-state index contributed by atoms with van der Waals surface area (Å²) in [5.74, 6) is 0.614. The molecule has 0 saturated carbocycles. The molecule has 2 heterocycles. The number of nitrogens with zero attached hydrogens (tertiary/aromatic N) is 3. The highest BCUT2D eigenvalue weighted by Gasteiger charge is 2.22. The van der Waals surface area contributed by atoms with Gasteiger partial charge in [-0.15, -0.1) is 0 Å². The first-order valence-electron chi connectivity index (χ1n) is 10.0. The fourth-order valence-corrected chi connectivity index (χ4v) is 3.19. The third kappa shape index (κ3) is 5.92. The lowest BCUT2D eigenvalue weighted by Gasteiger charge is -2.34. The fourth-order valence-electron chi connectivity index (χ4n) is 3.19. The SMILES string of the molecule is CC(C)CNc1cncc(C(=O)N2CCN(C/C=C/c3ccccc3)CC2)c1. The van der Waals surface area contributed by atoms with Crippen LogP contribution in [0.1, 0.15) is 29.8 Å². The van der Waals surface area contributed by atoms with Gasteiger partial charge in [-0.1, -0.05) is 56.3 Å². The maximum Gasteiger partial charge on any atom is 0.255 e. The number of anilines is 1. The van der Waals surface area contributed by atoms with Crippen LogP contribution in [-0.2, 0) is 0 Å². The molecule has 5 heteroatoms. The molecule has 3 rings (SSSR count). The first kappa shape index (κ1) is 20.1. The van der Waals surface area contributed by atoms with Crippen LogP contribution in [0.4, 0.5) is 5.69 Å². The molecular formula is C23H30N4O. The summed E-state index contributed by atoms with van der Waals surface area (Å²) >= 11 is 0. The van der Waals surface area contributed by atoms with Gasteiger partial charge in [-0.25, -0.2) is 0 Å². The molecule has 1 fully saturated rings. The normalized spacial score (nSPS) is 15.3. The van der Waals surface area contributed by atoms with E-state index in [2.05, 4.69) is 53.3 Å². The number of pyridine rings is 1. The molecule has 0 radical (unpaired) electrons. The lowest BCUT2D eigenvalue weighted by molar-refractivity contribution is 0.0650. The second kappa shape index (κ2) is 10.0. The Bertz CT molecular complexity index is 780. The number of nitrogens with one attached hydrogen (secondary N) is 1. The van der Waals surface area contributed by atoms with E-state index in [0.29, 0.717) is 11.5 Å². The first-order chi connectivity index (χ1) is 13.6. The van der Waals surface area contributed by atoms with E-state index in [1.807, 2.05) is 29.2 Å². The van der Waals surface area contributed by atoms with Gasteiger partial charge in [0.1, 0.15) is 0 Å². The number of benzene rings is 1. The van der Waals surface area contributed by atoms with E-state index in [1.165, 1.54) is 5.56 Å². The standard InChI is InChI=1S/C23H30N4O/c1-19(2)16-25-22-15-21(17-24-18-22)23(28)27-13-11-26(12-14-27)10-6-9-20-7-4-3-5-8-20/h3-9,15,17-19,25H,10-14,16H2,1-2H3/b9-6+. The molecule has 1 aromatic heterocycles. The van der Waals surface area contributed by atoms with Crippen LogP contribution in [0.3, 0.4) is 0 Å². The highest BCUT2D eigenvalue weighted by atomic mass is 16.2. The van der Waals surface area contributed by atoms with Gasteiger partial charge in [0.05, 0.1) is 11.3 Å². The van der Waals surface area contributed by atoms with Crippen molar-refractivity contribution < 1.29 is 4.79 Å². The molecule has 0 aliphatic carbocycles. The lowest BCUT2D eigenvalue weighted by atomic mass is 10.2. The smallest absolute Gasteiger partial charge is 0.255 e. The minimum atomic E-state index is 0.0696. The quantitative estimate of drug-likeness (QED) is 0.799. The second-order valence-corrected chi connectivity index (χ2v) is 7.64. The van der Waals surface area contributed by atoms with E-state index in [-0.39, 0.29) is 5.91 Å². The molecule has 2 aromatic rings. The number of hydrogen-bond acceptors (Lipinski definition) is 4. The summed E-state index contributed by atoms with van der Waals surface area (Å²) in [6.07, 6.45) is 7.79. The van der Waals surface area contributed by atoms with Crippen molar-refractivity contribution in [2.75, 3.05) is 44.6 Å². The van der Waals surface area contributed by atoms with Crippen molar-refractivity contribution in [1.82, 2.24) is 14.8 Å². The summed E-state index contributed by atoms with van der Waals surface area (Å²) in [6.45, 7) is 9.38. The van der Waals surface area contributed by atoms with Crippen LogP contribution >= 0.6 is 0 Å². The van der Waals surface area contributed by atoms with Gasteiger partial charge < -0.3 is 10.2 Å². The van der Waals surface area contributed by atoms with Gasteiger partial charge in [-0.3, -0.25) is 14.7 Å². The van der Waals surface area contributed by atoms with E-state index in [1.54, 1.807) is 12.4 Å². The molecule has 0 atom stereocenters. The van der Waals surface area contributed by atoms with Gasteiger partial charge in [0, 0.05) is 51.7 Å². The molecule has 28 heavy (non-hydrogen) atoms. The Morgan fingerprint density at radius 1 is 1.14 bits per heavy atom. The third-order valence-corrected chi connectivity index (χ3v) is 4.83. The Labute approximate surface area is 168 Å². The largest absolute Gasteiger partial charge is 0.384 e.